The summed E-state index contributed by atoms with van der Waals surface area (Å²) in [6, 6.07) is 7.77. The molecule has 0 aromatic heterocycles. The third-order valence-electron chi connectivity index (χ3n) is 3.03. The molecule has 4 heteroatoms. The highest BCUT2D eigenvalue weighted by atomic mass is 16.5. The Hall–Kier alpha value is -1.55. The molecule has 92 valence electrons. The van der Waals surface area contributed by atoms with E-state index in [0.717, 1.165) is 24.3 Å². The number of nitrogens with zero attached hydrogens (tertiary/aromatic N) is 1. The van der Waals surface area contributed by atoms with Crippen molar-refractivity contribution in [1.29, 1.82) is 0 Å². The van der Waals surface area contributed by atoms with Crippen LogP contribution in [0.5, 0.6) is 5.75 Å². The highest BCUT2D eigenvalue weighted by Crippen LogP contribution is 2.17. The summed E-state index contributed by atoms with van der Waals surface area (Å²) >= 11 is 0. The summed E-state index contributed by atoms with van der Waals surface area (Å²) in [7, 11) is 3.59. The highest BCUT2D eigenvalue weighted by Gasteiger charge is 2.29. The van der Waals surface area contributed by atoms with Crippen molar-refractivity contribution in [2.24, 2.45) is 0 Å². The molecule has 0 aliphatic carbocycles. The van der Waals surface area contributed by atoms with Crippen LogP contribution >= 0.6 is 0 Å². The first-order valence-corrected chi connectivity index (χ1v) is 5.70. The van der Waals surface area contributed by atoms with E-state index < -0.39 is 0 Å². The number of carbonyl (C=O) groups is 1. The SMILES string of the molecule is COc1ccc(CN(C)C2CCOC2=O)cc1. The monoisotopic (exact) mass is 235 g/mol. The molecule has 1 aliphatic rings. The van der Waals surface area contributed by atoms with Crippen LogP contribution < -0.4 is 4.74 Å². The van der Waals surface area contributed by atoms with Crippen LogP contribution in [0.15, 0.2) is 24.3 Å². The second-order valence-corrected chi connectivity index (χ2v) is 4.24. The maximum Gasteiger partial charge on any atom is 0.323 e. The summed E-state index contributed by atoms with van der Waals surface area (Å²) in [6.07, 6.45) is 0.783. The molecule has 0 saturated carbocycles. The average Bonchev–Trinajstić information content (AvgIpc) is 2.76. The first-order chi connectivity index (χ1) is 8.20. The summed E-state index contributed by atoms with van der Waals surface area (Å²) in [6.45, 7) is 1.28. The van der Waals surface area contributed by atoms with Crippen LogP contribution in [0, 0.1) is 0 Å². The zero-order valence-corrected chi connectivity index (χ0v) is 10.2. The van der Waals surface area contributed by atoms with E-state index in [0.29, 0.717) is 6.61 Å². The normalized spacial score (nSPS) is 19.5. The molecule has 4 nitrogen and oxygen atoms in total. The van der Waals surface area contributed by atoms with Gasteiger partial charge in [0.2, 0.25) is 0 Å². The fourth-order valence-electron chi connectivity index (χ4n) is 2.01. The van der Waals surface area contributed by atoms with Gasteiger partial charge in [-0.05, 0) is 24.7 Å². The molecule has 1 aliphatic heterocycles. The molecule has 1 aromatic carbocycles. The number of cyclic esters (lactones) is 1. The summed E-state index contributed by atoms with van der Waals surface area (Å²) in [4.78, 5) is 13.4. The maximum atomic E-state index is 11.4. The molecule has 0 radical (unpaired) electrons. The number of carbonyl (C=O) groups excluding carboxylic acids is 1. The Morgan fingerprint density at radius 3 is 2.65 bits per heavy atom. The molecule has 1 aromatic rings. The molecule has 1 atom stereocenters. The van der Waals surface area contributed by atoms with Crippen molar-refractivity contribution in [2.45, 2.75) is 19.0 Å². The van der Waals surface area contributed by atoms with E-state index in [1.54, 1.807) is 7.11 Å². The summed E-state index contributed by atoms with van der Waals surface area (Å²) in [5.41, 5.74) is 1.16. The van der Waals surface area contributed by atoms with Gasteiger partial charge in [0.1, 0.15) is 11.8 Å². The van der Waals surface area contributed by atoms with Crippen LogP contribution in [-0.4, -0.2) is 37.7 Å². The Morgan fingerprint density at radius 1 is 1.41 bits per heavy atom. The van der Waals surface area contributed by atoms with Gasteiger partial charge in [0.25, 0.3) is 0 Å². The summed E-state index contributed by atoms with van der Waals surface area (Å²) in [5, 5.41) is 0. The fraction of sp³-hybridized carbons (Fsp3) is 0.462. The van der Waals surface area contributed by atoms with Crippen molar-refractivity contribution in [3.05, 3.63) is 29.8 Å². The molecule has 17 heavy (non-hydrogen) atoms. The molecule has 1 fully saturated rings. The van der Waals surface area contributed by atoms with Crippen molar-refractivity contribution in [2.75, 3.05) is 20.8 Å². The minimum atomic E-state index is -0.110. The van der Waals surface area contributed by atoms with Crippen LogP contribution in [0.25, 0.3) is 0 Å². The smallest absolute Gasteiger partial charge is 0.323 e. The summed E-state index contributed by atoms with van der Waals surface area (Å²) < 4.78 is 10.1. The molecular weight excluding hydrogens is 218 g/mol. The van der Waals surface area contributed by atoms with Gasteiger partial charge in [0.05, 0.1) is 13.7 Å². The van der Waals surface area contributed by atoms with Crippen molar-refractivity contribution < 1.29 is 14.3 Å². The third-order valence-corrected chi connectivity index (χ3v) is 3.03. The number of methoxy groups -OCH3 is 1. The number of benzene rings is 1. The standard InChI is InChI=1S/C13H17NO3/c1-14(12-7-8-17-13(12)15)9-10-3-5-11(16-2)6-4-10/h3-6,12H,7-9H2,1-2H3. The van der Waals surface area contributed by atoms with Crippen LogP contribution in [0.2, 0.25) is 0 Å². The van der Waals surface area contributed by atoms with Crippen molar-refractivity contribution in [3.8, 4) is 5.75 Å². The zero-order valence-electron chi connectivity index (χ0n) is 10.2. The molecule has 0 spiro atoms. The Labute approximate surface area is 101 Å². The molecule has 1 heterocycles. The molecule has 1 unspecified atom stereocenters. The second-order valence-electron chi connectivity index (χ2n) is 4.24. The highest BCUT2D eigenvalue weighted by molar-refractivity contribution is 5.77. The van der Waals surface area contributed by atoms with Gasteiger partial charge < -0.3 is 9.47 Å². The Morgan fingerprint density at radius 2 is 2.12 bits per heavy atom. The minimum absolute atomic E-state index is 0.0999. The Kier molecular flexibility index (Phi) is 3.64. The third kappa shape index (κ3) is 2.77. The average molecular weight is 235 g/mol. The van der Waals surface area contributed by atoms with Gasteiger partial charge in [0, 0.05) is 13.0 Å². The molecule has 1 saturated heterocycles. The van der Waals surface area contributed by atoms with Gasteiger partial charge in [-0.15, -0.1) is 0 Å². The van der Waals surface area contributed by atoms with E-state index in [9.17, 15) is 4.79 Å². The molecule has 0 bridgehead atoms. The fourth-order valence-corrected chi connectivity index (χ4v) is 2.01. The zero-order chi connectivity index (χ0) is 12.3. The van der Waals surface area contributed by atoms with E-state index in [2.05, 4.69) is 0 Å². The molecular formula is C13H17NO3. The van der Waals surface area contributed by atoms with Gasteiger partial charge in [0.15, 0.2) is 0 Å². The molecule has 0 amide bonds. The molecule has 2 rings (SSSR count). The van der Waals surface area contributed by atoms with E-state index in [1.165, 1.54) is 0 Å². The van der Waals surface area contributed by atoms with Crippen LogP contribution in [-0.2, 0) is 16.1 Å². The van der Waals surface area contributed by atoms with Gasteiger partial charge in [-0.2, -0.15) is 0 Å². The number of esters is 1. The van der Waals surface area contributed by atoms with E-state index in [1.807, 2.05) is 36.2 Å². The summed E-state index contributed by atoms with van der Waals surface area (Å²) in [5.74, 6) is 0.734. The lowest BCUT2D eigenvalue weighted by Gasteiger charge is -2.20. The topological polar surface area (TPSA) is 38.8 Å². The lowest BCUT2D eigenvalue weighted by Crippen LogP contribution is -2.34. The van der Waals surface area contributed by atoms with Crippen LogP contribution in [0.3, 0.4) is 0 Å². The van der Waals surface area contributed by atoms with E-state index in [4.69, 9.17) is 9.47 Å². The van der Waals surface area contributed by atoms with Crippen molar-refractivity contribution in [1.82, 2.24) is 4.90 Å². The largest absolute Gasteiger partial charge is 0.497 e. The van der Waals surface area contributed by atoms with Crippen LogP contribution in [0.4, 0.5) is 0 Å². The number of ether oxygens (including phenoxy) is 2. The first kappa shape index (κ1) is 11.9. The lowest BCUT2D eigenvalue weighted by atomic mass is 10.1. The predicted molar refractivity (Wildman–Crippen MR) is 63.8 cm³/mol. The number of likely N-dealkylation sites (N-methyl/N-ethyl adjacent to an activating group) is 1. The van der Waals surface area contributed by atoms with Gasteiger partial charge >= 0.3 is 5.97 Å². The Bertz CT molecular complexity index is 388. The first-order valence-electron chi connectivity index (χ1n) is 5.70. The minimum Gasteiger partial charge on any atom is -0.497 e. The Balaban J connectivity index is 1.97. The van der Waals surface area contributed by atoms with Crippen molar-refractivity contribution in [3.63, 3.8) is 0 Å². The van der Waals surface area contributed by atoms with Gasteiger partial charge in [-0.1, -0.05) is 12.1 Å². The number of hydrogen-bond donors (Lipinski definition) is 0. The second kappa shape index (κ2) is 5.19. The van der Waals surface area contributed by atoms with Gasteiger partial charge in [-0.25, -0.2) is 0 Å². The van der Waals surface area contributed by atoms with E-state index >= 15 is 0 Å². The predicted octanol–water partition coefficient (Wildman–Crippen LogP) is 1.44. The van der Waals surface area contributed by atoms with E-state index in [-0.39, 0.29) is 12.0 Å². The number of rotatable bonds is 4. The van der Waals surface area contributed by atoms with Gasteiger partial charge in [-0.3, -0.25) is 9.69 Å². The quantitative estimate of drug-likeness (QED) is 0.740. The maximum absolute atomic E-state index is 11.4. The molecule has 0 N–H and O–H groups in total. The van der Waals surface area contributed by atoms with Crippen LogP contribution in [0.1, 0.15) is 12.0 Å². The lowest BCUT2D eigenvalue weighted by molar-refractivity contribution is -0.142. The number of hydrogen-bond acceptors (Lipinski definition) is 4. The van der Waals surface area contributed by atoms with Crippen molar-refractivity contribution >= 4 is 5.97 Å².